The minimum absolute atomic E-state index is 0.285. The summed E-state index contributed by atoms with van der Waals surface area (Å²) in [5.41, 5.74) is 2.57. The van der Waals surface area contributed by atoms with Gasteiger partial charge in [0.2, 0.25) is 0 Å². The molecule has 3 nitrogen and oxygen atoms in total. The van der Waals surface area contributed by atoms with Crippen LogP contribution in [-0.4, -0.2) is 17.6 Å². The van der Waals surface area contributed by atoms with Crippen LogP contribution < -0.4 is 5.32 Å². The van der Waals surface area contributed by atoms with E-state index < -0.39 is 5.97 Å². The second-order valence-electron chi connectivity index (χ2n) is 4.79. The van der Waals surface area contributed by atoms with Gasteiger partial charge in [-0.15, -0.1) is 0 Å². The van der Waals surface area contributed by atoms with Crippen LogP contribution in [0.15, 0.2) is 24.3 Å². The molecule has 0 fully saturated rings. The lowest BCUT2D eigenvalue weighted by molar-refractivity contribution is -0.137. The molecule has 1 aromatic rings. The first kappa shape index (κ1) is 14.7. The highest BCUT2D eigenvalue weighted by molar-refractivity contribution is 5.66. The van der Waals surface area contributed by atoms with Crippen LogP contribution >= 0.6 is 0 Å². The van der Waals surface area contributed by atoms with Crippen LogP contribution in [0.2, 0.25) is 0 Å². The molecule has 0 heterocycles. The van der Waals surface area contributed by atoms with E-state index in [0.29, 0.717) is 6.04 Å². The average Bonchev–Trinajstić information content (AvgIpc) is 2.34. The summed E-state index contributed by atoms with van der Waals surface area (Å²) in [6, 6.07) is 8.90. The smallest absolute Gasteiger partial charge is 0.303 e. The lowest BCUT2D eigenvalue weighted by Crippen LogP contribution is -2.19. The third kappa shape index (κ3) is 5.82. The molecule has 0 bridgehead atoms. The maximum atomic E-state index is 10.3. The summed E-state index contributed by atoms with van der Waals surface area (Å²) in [4.78, 5) is 10.3. The topological polar surface area (TPSA) is 49.3 Å². The number of unbranched alkanes of at least 4 members (excludes halogenated alkanes) is 2. The van der Waals surface area contributed by atoms with Crippen LogP contribution in [0.5, 0.6) is 0 Å². The Kier molecular flexibility index (Phi) is 6.44. The van der Waals surface area contributed by atoms with Gasteiger partial charge in [0, 0.05) is 12.5 Å². The fourth-order valence-corrected chi connectivity index (χ4v) is 1.87. The maximum absolute atomic E-state index is 10.3. The highest BCUT2D eigenvalue weighted by Crippen LogP contribution is 2.13. The van der Waals surface area contributed by atoms with Crippen molar-refractivity contribution in [3.05, 3.63) is 35.4 Å². The molecule has 0 aromatic heterocycles. The Bertz CT molecular complexity index is 359. The Morgan fingerprint density at radius 2 is 1.89 bits per heavy atom. The molecule has 3 heteroatoms. The first-order valence-corrected chi connectivity index (χ1v) is 6.61. The van der Waals surface area contributed by atoms with E-state index in [0.717, 1.165) is 25.8 Å². The number of aliphatic carboxylic acids is 1. The highest BCUT2D eigenvalue weighted by atomic mass is 16.4. The summed E-state index contributed by atoms with van der Waals surface area (Å²) < 4.78 is 0. The Morgan fingerprint density at radius 1 is 1.22 bits per heavy atom. The number of carboxylic acid groups (broad SMARTS) is 1. The summed E-state index contributed by atoms with van der Waals surface area (Å²) in [5, 5.41) is 12.0. The van der Waals surface area contributed by atoms with Crippen molar-refractivity contribution in [3.8, 4) is 0 Å². The molecular weight excluding hydrogens is 226 g/mol. The average molecular weight is 249 g/mol. The molecule has 0 unspecified atom stereocenters. The molecule has 18 heavy (non-hydrogen) atoms. The zero-order valence-corrected chi connectivity index (χ0v) is 11.3. The molecule has 0 saturated heterocycles. The minimum Gasteiger partial charge on any atom is -0.481 e. The van der Waals surface area contributed by atoms with E-state index in [2.05, 4.69) is 43.4 Å². The first-order chi connectivity index (χ1) is 8.59. The molecule has 1 aromatic carbocycles. The number of hydrogen-bond donors (Lipinski definition) is 2. The Balaban J connectivity index is 2.15. The van der Waals surface area contributed by atoms with Crippen molar-refractivity contribution in [2.24, 2.45) is 0 Å². The minimum atomic E-state index is -0.698. The van der Waals surface area contributed by atoms with E-state index in [9.17, 15) is 4.79 Å². The predicted molar refractivity (Wildman–Crippen MR) is 73.7 cm³/mol. The van der Waals surface area contributed by atoms with Gasteiger partial charge >= 0.3 is 5.97 Å². The third-order valence-corrected chi connectivity index (χ3v) is 3.10. The van der Waals surface area contributed by atoms with Crippen molar-refractivity contribution >= 4 is 5.97 Å². The van der Waals surface area contributed by atoms with E-state index in [4.69, 9.17) is 5.11 Å². The molecule has 0 radical (unpaired) electrons. The molecular formula is C15H23NO2. The van der Waals surface area contributed by atoms with Crippen LogP contribution in [0.1, 0.15) is 49.8 Å². The highest BCUT2D eigenvalue weighted by Gasteiger charge is 2.03. The molecule has 0 saturated carbocycles. The van der Waals surface area contributed by atoms with Gasteiger partial charge in [-0.25, -0.2) is 0 Å². The van der Waals surface area contributed by atoms with Gasteiger partial charge in [-0.05, 0) is 38.8 Å². The first-order valence-electron chi connectivity index (χ1n) is 6.61. The van der Waals surface area contributed by atoms with Crippen LogP contribution in [0, 0.1) is 6.92 Å². The number of rotatable bonds is 8. The molecule has 0 aliphatic rings. The fourth-order valence-electron chi connectivity index (χ4n) is 1.87. The van der Waals surface area contributed by atoms with Gasteiger partial charge in [-0.2, -0.15) is 0 Å². The zero-order chi connectivity index (χ0) is 13.4. The van der Waals surface area contributed by atoms with Gasteiger partial charge < -0.3 is 10.4 Å². The Morgan fingerprint density at radius 3 is 2.50 bits per heavy atom. The lowest BCUT2D eigenvalue weighted by atomic mass is 10.1. The third-order valence-electron chi connectivity index (χ3n) is 3.10. The quantitative estimate of drug-likeness (QED) is 0.695. The molecule has 0 amide bonds. The monoisotopic (exact) mass is 249 g/mol. The number of nitrogens with one attached hydrogen (secondary N) is 1. The van der Waals surface area contributed by atoms with Crippen molar-refractivity contribution in [2.75, 3.05) is 6.54 Å². The van der Waals surface area contributed by atoms with Crippen LogP contribution in [0.4, 0.5) is 0 Å². The van der Waals surface area contributed by atoms with Gasteiger partial charge in [0.25, 0.3) is 0 Å². The normalized spacial score (nSPS) is 12.3. The standard InChI is InChI=1S/C15H23NO2/c1-12-7-9-14(10-8-12)13(2)16-11-5-3-4-6-15(17)18/h7-10,13,16H,3-6,11H2,1-2H3,(H,17,18)/t13-/m1/s1. The summed E-state index contributed by atoms with van der Waals surface area (Å²) in [7, 11) is 0. The van der Waals surface area contributed by atoms with Crippen molar-refractivity contribution in [1.29, 1.82) is 0 Å². The van der Waals surface area contributed by atoms with Crippen molar-refractivity contribution in [2.45, 2.75) is 45.6 Å². The fraction of sp³-hybridized carbons (Fsp3) is 0.533. The molecule has 1 rings (SSSR count). The number of aryl methyl sites for hydroxylation is 1. The van der Waals surface area contributed by atoms with E-state index in [1.807, 2.05) is 0 Å². The van der Waals surface area contributed by atoms with Crippen molar-refractivity contribution in [1.82, 2.24) is 5.32 Å². The number of carbonyl (C=O) groups is 1. The van der Waals surface area contributed by atoms with Gasteiger partial charge in [0.1, 0.15) is 0 Å². The molecule has 0 spiro atoms. The van der Waals surface area contributed by atoms with Gasteiger partial charge in [0.15, 0.2) is 0 Å². The number of benzene rings is 1. The Hall–Kier alpha value is -1.35. The van der Waals surface area contributed by atoms with Crippen molar-refractivity contribution in [3.63, 3.8) is 0 Å². The van der Waals surface area contributed by atoms with Crippen LogP contribution in [0.25, 0.3) is 0 Å². The van der Waals surface area contributed by atoms with Gasteiger partial charge in [-0.1, -0.05) is 36.2 Å². The largest absolute Gasteiger partial charge is 0.481 e. The second-order valence-corrected chi connectivity index (χ2v) is 4.79. The van der Waals surface area contributed by atoms with Gasteiger partial charge in [-0.3, -0.25) is 4.79 Å². The molecule has 0 aliphatic carbocycles. The predicted octanol–water partition coefficient (Wildman–Crippen LogP) is 3.29. The summed E-state index contributed by atoms with van der Waals surface area (Å²) in [5.74, 6) is -0.698. The molecule has 0 aliphatic heterocycles. The second kappa shape index (κ2) is 7.88. The summed E-state index contributed by atoms with van der Waals surface area (Å²) in [6.07, 6.45) is 3.06. The van der Waals surface area contributed by atoms with Gasteiger partial charge in [0.05, 0.1) is 0 Å². The maximum Gasteiger partial charge on any atom is 0.303 e. The van der Waals surface area contributed by atoms with E-state index in [-0.39, 0.29) is 6.42 Å². The van der Waals surface area contributed by atoms with E-state index >= 15 is 0 Å². The van der Waals surface area contributed by atoms with Crippen molar-refractivity contribution < 1.29 is 9.90 Å². The van der Waals surface area contributed by atoms with E-state index in [1.165, 1.54) is 11.1 Å². The molecule has 1 atom stereocenters. The lowest BCUT2D eigenvalue weighted by Gasteiger charge is -2.14. The number of hydrogen-bond acceptors (Lipinski definition) is 2. The SMILES string of the molecule is Cc1ccc([C@@H](C)NCCCCCC(=O)O)cc1. The Labute approximate surface area is 109 Å². The molecule has 2 N–H and O–H groups in total. The van der Waals surface area contributed by atoms with Crippen LogP contribution in [0.3, 0.4) is 0 Å². The number of carboxylic acids is 1. The van der Waals surface area contributed by atoms with Crippen LogP contribution in [-0.2, 0) is 4.79 Å². The summed E-state index contributed by atoms with van der Waals surface area (Å²) in [6.45, 7) is 5.18. The summed E-state index contributed by atoms with van der Waals surface area (Å²) >= 11 is 0. The zero-order valence-electron chi connectivity index (χ0n) is 11.3. The van der Waals surface area contributed by atoms with E-state index in [1.54, 1.807) is 0 Å². The molecule has 100 valence electrons.